The number of ether oxygens (including phenoxy) is 1. The standard InChI is InChI=1S/C15H20ClNO2/c1-11(16)8-12-5-6-14-13(9-12)4-3-7-17(14)15(18)10-19-2/h5-6,9,11H,3-4,7-8,10H2,1-2H3. The van der Waals surface area contributed by atoms with E-state index in [2.05, 4.69) is 12.1 Å². The molecule has 1 atom stereocenters. The lowest BCUT2D eigenvalue weighted by atomic mass is 9.97. The summed E-state index contributed by atoms with van der Waals surface area (Å²) in [6.45, 7) is 2.91. The van der Waals surface area contributed by atoms with Crippen molar-refractivity contribution in [3.63, 3.8) is 0 Å². The summed E-state index contributed by atoms with van der Waals surface area (Å²) in [7, 11) is 1.55. The molecule has 1 unspecified atom stereocenters. The molecule has 0 fully saturated rings. The van der Waals surface area contributed by atoms with Crippen molar-refractivity contribution >= 4 is 23.2 Å². The molecule has 3 nitrogen and oxygen atoms in total. The molecular formula is C15H20ClNO2. The van der Waals surface area contributed by atoms with Crippen LogP contribution >= 0.6 is 11.6 Å². The molecular weight excluding hydrogens is 262 g/mol. The van der Waals surface area contributed by atoms with Crippen LogP contribution in [0.25, 0.3) is 0 Å². The Balaban J connectivity index is 2.23. The van der Waals surface area contributed by atoms with Crippen LogP contribution in [-0.4, -0.2) is 31.5 Å². The molecule has 1 heterocycles. The van der Waals surface area contributed by atoms with Crippen LogP contribution in [-0.2, 0) is 22.4 Å². The Hall–Kier alpha value is -1.06. The van der Waals surface area contributed by atoms with E-state index in [0.717, 1.165) is 31.5 Å². The van der Waals surface area contributed by atoms with Gasteiger partial charge in [-0.05, 0) is 43.4 Å². The number of carbonyl (C=O) groups is 1. The van der Waals surface area contributed by atoms with Gasteiger partial charge in [0.1, 0.15) is 6.61 Å². The number of aryl methyl sites for hydroxylation is 1. The van der Waals surface area contributed by atoms with Crippen molar-refractivity contribution in [1.82, 2.24) is 0 Å². The van der Waals surface area contributed by atoms with E-state index in [0.29, 0.717) is 0 Å². The summed E-state index contributed by atoms with van der Waals surface area (Å²) in [4.78, 5) is 13.8. The van der Waals surface area contributed by atoms with E-state index in [4.69, 9.17) is 16.3 Å². The fourth-order valence-electron chi connectivity index (χ4n) is 2.56. The van der Waals surface area contributed by atoms with Crippen LogP contribution in [0.4, 0.5) is 5.69 Å². The molecule has 0 radical (unpaired) electrons. The van der Waals surface area contributed by atoms with E-state index in [1.54, 1.807) is 7.11 Å². The highest BCUT2D eigenvalue weighted by Crippen LogP contribution is 2.28. The predicted molar refractivity (Wildman–Crippen MR) is 78.0 cm³/mol. The number of anilines is 1. The summed E-state index contributed by atoms with van der Waals surface area (Å²) < 4.78 is 4.94. The SMILES string of the molecule is COCC(=O)N1CCCc2cc(CC(C)Cl)ccc21. The van der Waals surface area contributed by atoms with Crippen LogP contribution < -0.4 is 4.90 Å². The van der Waals surface area contributed by atoms with Crippen LogP contribution in [0.15, 0.2) is 18.2 Å². The minimum atomic E-state index is 0.0295. The zero-order valence-corrected chi connectivity index (χ0v) is 12.2. The Morgan fingerprint density at radius 1 is 1.53 bits per heavy atom. The second kappa shape index (κ2) is 6.40. The molecule has 0 bridgehead atoms. The van der Waals surface area contributed by atoms with E-state index < -0.39 is 0 Å². The van der Waals surface area contributed by atoms with Gasteiger partial charge < -0.3 is 9.64 Å². The number of carbonyl (C=O) groups excluding carboxylic acids is 1. The third kappa shape index (κ3) is 3.48. The summed E-state index contributed by atoms with van der Waals surface area (Å²) in [5.74, 6) is 0.0295. The number of fused-ring (bicyclic) bond motifs is 1. The highest BCUT2D eigenvalue weighted by Gasteiger charge is 2.22. The van der Waals surface area contributed by atoms with Crippen molar-refractivity contribution in [2.24, 2.45) is 0 Å². The van der Waals surface area contributed by atoms with E-state index in [1.807, 2.05) is 17.9 Å². The Morgan fingerprint density at radius 2 is 2.32 bits per heavy atom. The molecule has 1 aliphatic heterocycles. The molecule has 19 heavy (non-hydrogen) atoms. The lowest BCUT2D eigenvalue weighted by molar-refractivity contribution is -0.122. The lowest BCUT2D eigenvalue weighted by Crippen LogP contribution is -2.37. The van der Waals surface area contributed by atoms with Crippen LogP contribution in [0.3, 0.4) is 0 Å². The number of amides is 1. The number of nitrogens with zero attached hydrogens (tertiary/aromatic N) is 1. The average molecular weight is 282 g/mol. The van der Waals surface area contributed by atoms with E-state index in [1.165, 1.54) is 11.1 Å². The summed E-state index contributed by atoms with van der Waals surface area (Å²) in [5.41, 5.74) is 3.51. The fraction of sp³-hybridized carbons (Fsp3) is 0.533. The first-order valence-electron chi connectivity index (χ1n) is 6.67. The largest absolute Gasteiger partial charge is 0.375 e. The normalized spacial score (nSPS) is 16.1. The second-order valence-electron chi connectivity index (χ2n) is 5.03. The average Bonchev–Trinajstić information content (AvgIpc) is 2.37. The Bertz CT molecular complexity index is 459. The maximum Gasteiger partial charge on any atom is 0.252 e. The van der Waals surface area contributed by atoms with Gasteiger partial charge in [-0.2, -0.15) is 0 Å². The van der Waals surface area contributed by atoms with Crippen LogP contribution in [0.2, 0.25) is 0 Å². The van der Waals surface area contributed by atoms with Gasteiger partial charge in [0.15, 0.2) is 0 Å². The van der Waals surface area contributed by atoms with Gasteiger partial charge in [-0.3, -0.25) is 4.79 Å². The van der Waals surface area contributed by atoms with E-state index in [9.17, 15) is 4.79 Å². The van der Waals surface area contributed by atoms with Gasteiger partial charge in [0.25, 0.3) is 5.91 Å². The molecule has 1 amide bonds. The zero-order chi connectivity index (χ0) is 13.8. The van der Waals surface area contributed by atoms with Crippen molar-refractivity contribution in [3.05, 3.63) is 29.3 Å². The summed E-state index contributed by atoms with van der Waals surface area (Å²) >= 11 is 6.03. The summed E-state index contributed by atoms with van der Waals surface area (Å²) in [6.07, 6.45) is 2.89. The number of rotatable bonds is 4. The second-order valence-corrected chi connectivity index (χ2v) is 5.77. The van der Waals surface area contributed by atoms with Crippen molar-refractivity contribution in [3.8, 4) is 0 Å². The molecule has 1 aliphatic rings. The zero-order valence-electron chi connectivity index (χ0n) is 11.5. The summed E-state index contributed by atoms with van der Waals surface area (Å²) in [5, 5.41) is 0.132. The molecule has 2 rings (SSSR count). The molecule has 0 aliphatic carbocycles. The van der Waals surface area contributed by atoms with Crippen molar-refractivity contribution in [2.45, 2.75) is 31.6 Å². The van der Waals surface area contributed by atoms with Gasteiger partial charge >= 0.3 is 0 Å². The minimum absolute atomic E-state index is 0.0295. The van der Waals surface area contributed by atoms with Gasteiger partial charge in [0.2, 0.25) is 0 Å². The quantitative estimate of drug-likeness (QED) is 0.794. The molecule has 0 spiro atoms. The smallest absolute Gasteiger partial charge is 0.252 e. The Labute approximate surface area is 119 Å². The third-order valence-corrected chi connectivity index (χ3v) is 3.50. The van der Waals surface area contributed by atoms with Gasteiger partial charge in [0.05, 0.1) is 0 Å². The van der Waals surface area contributed by atoms with Crippen LogP contribution in [0, 0.1) is 0 Å². The summed E-state index contributed by atoms with van der Waals surface area (Å²) in [6, 6.07) is 6.28. The molecule has 0 saturated carbocycles. The molecule has 1 aromatic rings. The number of hydrogen-bond donors (Lipinski definition) is 0. The van der Waals surface area contributed by atoms with Crippen LogP contribution in [0.1, 0.15) is 24.5 Å². The lowest BCUT2D eigenvalue weighted by Gasteiger charge is -2.29. The number of benzene rings is 1. The first-order chi connectivity index (χ1) is 9.11. The van der Waals surface area contributed by atoms with Crippen molar-refractivity contribution in [2.75, 3.05) is 25.2 Å². The fourth-order valence-corrected chi connectivity index (χ4v) is 2.74. The molecule has 4 heteroatoms. The Kier molecular flexibility index (Phi) is 4.83. The van der Waals surface area contributed by atoms with Crippen LogP contribution in [0.5, 0.6) is 0 Å². The highest BCUT2D eigenvalue weighted by atomic mass is 35.5. The third-order valence-electron chi connectivity index (χ3n) is 3.35. The maximum absolute atomic E-state index is 12.0. The minimum Gasteiger partial charge on any atom is -0.375 e. The molecule has 0 saturated heterocycles. The van der Waals surface area contributed by atoms with Gasteiger partial charge in [-0.25, -0.2) is 0 Å². The number of halogens is 1. The first kappa shape index (κ1) is 14.4. The topological polar surface area (TPSA) is 29.5 Å². The highest BCUT2D eigenvalue weighted by molar-refractivity contribution is 6.20. The Morgan fingerprint density at radius 3 is 3.00 bits per heavy atom. The van der Waals surface area contributed by atoms with Gasteiger partial charge in [-0.1, -0.05) is 12.1 Å². The molecule has 104 valence electrons. The number of alkyl halides is 1. The monoisotopic (exact) mass is 281 g/mol. The molecule has 1 aromatic carbocycles. The molecule has 0 aromatic heterocycles. The van der Waals surface area contributed by atoms with Gasteiger partial charge in [0, 0.05) is 24.7 Å². The first-order valence-corrected chi connectivity index (χ1v) is 7.10. The number of hydrogen-bond acceptors (Lipinski definition) is 2. The molecule has 0 N–H and O–H groups in total. The maximum atomic E-state index is 12.0. The van der Waals surface area contributed by atoms with E-state index >= 15 is 0 Å². The predicted octanol–water partition coefficient (Wildman–Crippen LogP) is 2.78. The van der Waals surface area contributed by atoms with Gasteiger partial charge in [-0.15, -0.1) is 11.6 Å². The van der Waals surface area contributed by atoms with E-state index in [-0.39, 0.29) is 17.9 Å². The van der Waals surface area contributed by atoms with Crippen molar-refractivity contribution < 1.29 is 9.53 Å². The van der Waals surface area contributed by atoms with Crippen molar-refractivity contribution in [1.29, 1.82) is 0 Å². The number of methoxy groups -OCH3 is 1.